The van der Waals surface area contributed by atoms with Crippen molar-refractivity contribution in [3.05, 3.63) is 80.1 Å². The molecule has 2 aromatic carbocycles. The lowest BCUT2D eigenvalue weighted by molar-refractivity contribution is -0.141. The van der Waals surface area contributed by atoms with Gasteiger partial charge in [0.25, 0.3) is 11.8 Å². The van der Waals surface area contributed by atoms with Crippen LogP contribution in [-0.4, -0.2) is 33.1 Å². The van der Waals surface area contributed by atoms with Gasteiger partial charge in [0.2, 0.25) is 0 Å². The third-order valence-electron chi connectivity index (χ3n) is 5.36. The summed E-state index contributed by atoms with van der Waals surface area (Å²) in [5.41, 5.74) is -1.87. The van der Waals surface area contributed by atoms with Gasteiger partial charge in [0.15, 0.2) is 11.5 Å². The Bertz CT molecular complexity index is 1560. The first-order valence-electron chi connectivity index (χ1n) is 11.2. The van der Waals surface area contributed by atoms with Crippen molar-refractivity contribution in [3.8, 4) is 5.82 Å². The van der Waals surface area contributed by atoms with Crippen LogP contribution in [0.25, 0.3) is 16.6 Å². The molecule has 7 nitrogen and oxygen atoms in total. The highest BCUT2D eigenvalue weighted by Crippen LogP contribution is 2.37. The van der Waals surface area contributed by atoms with Crippen molar-refractivity contribution in [1.82, 2.24) is 20.1 Å². The molecule has 0 unspecified atom stereocenters. The molecular formula is C25H19BrCl2F3N5O2. The Hall–Kier alpha value is -3.15. The molecule has 0 aliphatic carbocycles. The van der Waals surface area contributed by atoms with Gasteiger partial charge in [0.1, 0.15) is 5.69 Å². The van der Waals surface area contributed by atoms with E-state index < -0.39 is 29.4 Å². The molecule has 0 saturated carbocycles. The van der Waals surface area contributed by atoms with E-state index in [9.17, 15) is 22.8 Å². The summed E-state index contributed by atoms with van der Waals surface area (Å²) in [7, 11) is 0. The molecule has 0 aliphatic rings. The van der Waals surface area contributed by atoms with Crippen LogP contribution < -0.4 is 10.6 Å². The predicted molar refractivity (Wildman–Crippen MR) is 143 cm³/mol. The fourth-order valence-electron chi connectivity index (χ4n) is 3.58. The van der Waals surface area contributed by atoms with Gasteiger partial charge in [-0.05, 0) is 41.6 Å². The average molecular weight is 629 g/mol. The van der Waals surface area contributed by atoms with Crippen LogP contribution >= 0.6 is 39.1 Å². The molecule has 2 N–H and O–H groups in total. The Labute approximate surface area is 233 Å². The minimum atomic E-state index is -4.85. The van der Waals surface area contributed by atoms with E-state index in [1.807, 2.05) is 13.8 Å². The van der Waals surface area contributed by atoms with E-state index in [2.05, 4.69) is 36.6 Å². The van der Waals surface area contributed by atoms with E-state index in [0.29, 0.717) is 28.1 Å². The van der Waals surface area contributed by atoms with Crippen molar-refractivity contribution in [2.45, 2.75) is 20.0 Å². The normalized spacial score (nSPS) is 11.7. The lowest BCUT2D eigenvalue weighted by atomic mass is 10.0. The topological polar surface area (TPSA) is 88.9 Å². The SMILES string of the molecule is CC(C)CNC(=O)c1cc2cc(Br)ccc2c(Cl)c1NC(=O)c1cc(C(F)(F)F)nn1-c1ncccc1Cl. The molecule has 0 fully saturated rings. The largest absolute Gasteiger partial charge is 0.435 e. The molecule has 0 radical (unpaired) electrons. The molecule has 2 heterocycles. The van der Waals surface area contributed by atoms with Crippen LogP contribution in [0.5, 0.6) is 0 Å². The molecule has 2 aromatic heterocycles. The molecule has 0 aliphatic heterocycles. The molecule has 0 spiro atoms. The first kappa shape index (κ1) is 27.9. The van der Waals surface area contributed by atoms with Gasteiger partial charge in [0.05, 0.1) is 21.3 Å². The summed E-state index contributed by atoms with van der Waals surface area (Å²) in [5.74, 6) is -1.57. The molecule has 0 bridgehead atoms. The van der Waals surface area contributed by atoms with Crippen molar-refractivity contribution in [2.24, 2.45) is 5.92 Å². The number of benzene rings is 2. The maximum absolute atomic E-state index is 13.5. The van der Waals surface area contributed by atoms with Gasteiger partial charge >= 0.3 is 6.18 Å². The second-order valence-electron chi connectivity index (χ2n) is 8.67. The monoisotopic (exact) mass is 627 g/mol. The van der Waals surface area contributed by atoms with Gasteiger partial charge in [0, 0.05) is 28.7 Å². The van der Waals surface area contributed by atoms with Gasteiger partial charge in [-0.15, -0.1) is 0 Å². The molecule has 198 valence electrons. The van der Waals surface area contributed by atoms with E-state index in [0.717, 1.165) is 4.47 Å². The molecule has 4 rings (SSSR count). The Morgan fingerprint density at radius 3 is 2.50 bits per heavy atom. The second-order valence-corrected chi connectivity index (χ2v) is 10.4. The Morgan fingerprint density at radius 1 is 1.11 bits per heavy atom. The van der Waals surface area contributed by atoms with Gasteiger partial charge in [-0.25, -0.2) is 9.67 Å². The number of amides is 2. The lowest BCUT2D eigenvalue weighted by Gasteiger charge is -2.17. The zero-order chi connectivity index (χ0) is 27.8. The lowest BCUT2D eigenvalue weighted by Crippen LogP contribution is -2.29. The van der Waals surface area contributed by atoms with Crippen LogP contribution in [0.3, 0.4) is 0 Å². The summed E-state index contributed by atoms with van der Waals surface area (Å²) in [6.07, 6.45) is -3.55. The number of carbonyl (C=O) groups excluding carboxylic acids is 2. The Kier molecular flexibility index (Phi) is 8.01. The third kappa shape index (κ3) is 5.79. The highest BCUT2D eigenvalue weighted by molar-refractivity contribution is 9.10. The van der Waals surface area contributed by atoms with E-state index >= 15 is 0 Å². The maximum atomic E-state index is 13.5. The number of aromatic nitrogens is 3. The van der Waals surface area contributed by atoms with Crippen LogP contribution in [-0.2, 0) is 6.18 Å². The van der Waals surface area contributed by atoms with Gasteiger partial charge < -0.3 is 10.6 Å². The number of alkyl halides is 3. The number of hydrogen-bond acceptors (Lipinski definition) is 4. The molecule has 4 aromatic rings. The number of pyridine rings is 1. The first-order valence-corrected chi connectivity index (χ1v) is 12.7. The van der Waals surface area contributed by atoms with E-state index in [4.69, 9.17) is 23.2 Å². The van der Waals surface area contributed by atoms with Crippen LogP contribution in [0.2, 0.25) is 10.0 Å². The van der Waals surface area contributed by atoms with E-state index in [1.54, 1.807) is 24.3 Å². The van der Waals surface area contributed by atoms with Crippen LogP contribution in [0.1, 0.15) is 40.4 Å². The third-order valence-corrected chi connectivity index (χ3v) is 6.55. The van der Waals surface area contributed by atoms with Crippen LogP contribution in [0.4, 0.5) is 18.9 Å². The summed E-state index contributed by atoms with van der Waals surface area (Å²) in [4.78, 5) is 30.5. The molecule has 0 atom stereocenters. The number of rotatable bonds is 6. The van der Waals surface area contributed by atoms with E-state index in [1.165, 1.54) is 18.3 Å². The molecule has 13 heteroatoms. The van der Waals surface area contributed by atoms with Crippen molar-refractivity contribution < 1.29 is 22.8 Å². The quantitative estimate of drug-likeness (QED) is 0.237. The molecule has 38 heavy (non-hydrogen) atoms. The fraction of sp³-hybridized carbons (Fsp3) is 0.200. The zero-order valence-electron chi connectivity index (χ0n) is 19.8. The van der Waals surface area contributed by atoms with Crippen LogP contribution in [0, 0.1) is 5.92 Å². The summed E-state index contributed by atoms with van der Waals surface area (Å²) in [5, 5.41) is 9.97. The zero-order valence-corrected chi connectivity index (χ0v) is 22.9. The summed E-state index contributed by atoms with van der Waals surface area (Å²) in [6.45, 7) is 4.17. The van der Waals surface area contributed by atoms with Crippen LogP contribution in [0.15, 0.2) is 53.1 Å². The molecule has 2 amide bonds. The van der Waals surface area contributed by atoms with Crippen molar-refractivity contribution in [1.29, 1.82) is 0 Å². The summed E-state index contributed by atoms with van der Waals surface area (Å²) >= 11 is 16.2. The van der Waals surface area contributed by atoms with Gasteiger partial charge in [-0.1, -0.05) is 59.0 Å². The fourth-order valence-corrected chi connectivity index (χ4v) is 4.48. The van der Waals surface area contributed by atoms with E-state index in [-0.39, 0.29) is 33.0 Å². The minimum Gasteiger partial charge on any atom is -0.352 e. The predicted octanol–water partition coefficient (Wildman–Crippen LogP) is 7.15. The number of anilines is 1. The number of nitrogens with one attached hydrogen (secondary N) is 2. The number of fused-ring (bicyclic) bond motifs is 1. The number of hydrogen-bond donors (Lipinski definition) is 2. The standard InChI is InChI=1S/C25H19BrCl2F3N5O2/c1-12(2)11-33-23(37)16-9-13-8-14(26)5-6-15(13)20(28)21(16)34-24(38)18-10-19(25(29,30)31)35-36(18)22-17(27)4-3-7-32-22/h3-10,12H,11H2,1-2H3,(H,33,37)(H,34,38). The van der Waals surface area contributed by atoms with Crippen molar-refractivity contribution in [2.75, 3.05) is 11.9 Å². The number of halogens is 6. The Balaban J connectivity index is 1.85. The Morgan fingerprint density at radius 2 is 1.84 bits per heavy atom. The molecular weight excluding hydrogens is 610 g/mol. The minimum absolute atomic E-state index is 0.0264. The van der Waals surface area contributed by atoms with Gasteiger partial charge in [-0.2, -0.15) is 18.3 Å². The summed E-state index contributed by atoms with van der Waals surface area (Å²) < 4.78 is 42.1. The molecule has 0 saturated heterocycles. The van der Waals surface area contributed by atoms with Gasteiger partial charge in [-0.3, -0.25) is 9.59 Å². The first-order chi connectivity index (χ1) is 17.9. The van der Waals surface area contributed by atoms with Crippen molar-refractivity contribution >= 4 is 67.4 Å². The smallest absolute Gasteiger partial charge is 0.352 e. The second kappa shape index (κ2) is 10.9. The summed E-state index contributed by atoms with van der Waals surface area (Å²) in [6, 6.07) is 10.2. The number of carbonyl (C=O) groups is 2. The number of nitrogens with zero attached hydrogens (tertiary/aromatic N) is 3. The maximum Gasteiger partial charge on any atom is 0.435 e. The highest BCUT2D eigenvalue weighted by Gasteiger charge is 2.37. The average Bonchev–Trinajstić information content (AvgIpc) is 3.30. The van der Waals surface area contributed by atoms with Crippen molar-refractivity contribution in [3.63, 3.8) is 0 Å². The highest BCUT2D eigenvalue weighted by atomic mass is 79.9.